The number of carbonyl (C=O) groups is 4. The van der Waals surface area contributed by atoms with Crippen molar-refractivity contribution in [1.82, 2.24) is 20.4 Å². The molecule has 1 aromatic rings. The molecule has 0 unspecified atom stereocenters. The molecule has 0 radical (unpaired) electrons. The molecule has 3 atom stereocenters. The maximum atomic E-state index is 15.4. The molecule has 1 saturated heterocycles. The summed E-state index contributed by atoms with van der Waals surface area (Å²) in [6, 6.07) is 1.95. The average molecular weight is 626 g/mol. The van der Waals surface area contributed by atoms with Gasteiger partial charge in [0.2, 0.25) is 23.6 Å². The Morgan fingerprint density at radius 1 is 1.05 bits per heavy atom. The molecule has 3 N–H and O–H groups in total. The Kier molecular flexibility index (Phi) is 11.7. The van der Waals surface area contributed by atoms with Crippen LogP contribution in [0.3, 0.4) is 0 Å². The van der Waals surface area contributed by atoms with Gasteiger partial charge in [-0.1, -0.05) is 19.9 Å². The van der Waals surface area contributed by atoms with Gasteiger partial charge in [0.05, 0.1) is 5.69 Å². The van der Waals surface area contributed by atoms with Crippen LogP contribution in [0.15, 0.2) is 18.2 Å². The normalized spacial score (nSPS) is 19.8. The third-order valence-electron chi connectivity index (χ3n) is 8.18. The van der Waals surface area contributed by atoms with E-state index in [4.69, 9.17) is 4.74 Å². The molecule has 1 saturated carbocycles. The molecule has 0 bridgehead atoms. The van der Waals surface area contributed by atoms with Crippen LogP contribution in [-0.4, -0.2) is 90.4 Å². The molecule has 1 aromatic carbocycles. The monoisotopic (exact) mass is 625 g/mol. The number of amides is 4. The van der Waals surface area contributed by atoms with Gasteiger partial charge >= 0.3 is 6.09 Å². The molecule has 1 heterocycles. The molecule has 10 nitrogen and oxygen atoms in total. The highest BCUT2D eigenvalue weighted by Crippen LogP contribution is 2.38. The fourth-order valence-electron chi connectivity index (χ4n) is 5.45. The molecular formula is C31H46F3N5O5. The fourth-order valence-corrected chi connectivity index (χ4v) is 5.45. The summed E-state index contributed by atoms with van der Waals surface area (Å²) >= 11 is 0. The van der Waals surface area contributed by atoms with Gasteiger partial charge < -0.3 is 30.5 Å². The number of benzene rings is 1. The van der Waals surface area contributed by atoms with Crippen molar-refractivity contribution in [3.05, 3.63) is 29.6 Å². The van der Waals surface area contributed by atoms with Crippen molar-refractivity contribution in [2.24, 2.45) is 5.92 Å². The Balaban J connectivity index is 1.79. The fraction of sp³-hybridized carbons (Fsp3) is 0.677. The van der Waals surface area contributed by atoms with Gasteiger partial charge in [0.25, 0.3) is 0 Å². The summed E-state index contributed by atoms with van der Waals surface area (Å²) in [5, 5.41) is 7.78. The third-order valence-corrected chi connectivity index (χ3v) is 8.18. The lowest BCUT2D eigenvalue weighted by Crippen LogP contribution is -2.55. The van der Waals surface area contributed by atoms with E-state index in [-0.39, 0.29) is 36.8 Å². The largest absolute Gasteiger partial charge is 0.444 e. The highest BCUT2D eigenvalue weighted by Gasteiger charge is 2.41. The number of nitrogens with one attached hydrogen (secondary N) is 3. The van der Waals surface area contributed by atoms with E-state index in [0.717, 1.165) is 0 Å². The Morgan fingerprint density at radius 3 is 2.20 bits per heavy atom. The third kappa shape index (κ3) is 9.83. The number of anilines is 1. The lowest BCUT2D eigenvalue weighted by atomic mass is 9.81. The van der Waals surface area contributed by atoms with Crippen molar-refractivity contribution in [3.63, 3.8) is 0 Å². The highest BCUT2D eigenvalue weighted by atomic mass is 19.3. The molecule has 246 valence electrons. The first kappa shape index (κ1) is 35.1. The number of carbonyl (C=O) groups excluding carboxylic acids is 4. The van der Waals surface area contributed by atoms with Crippen molar-refractivity contribution >= 4 is 29.5 Å². The van der Waals surface area contributed by atoms with E-state index in [1.54, 1.807) is 45.6 Å². The predicted molar refractivity (Wildman–Crippen MR) is 160 cm³/mol. The van der Waals surface area contributed by atoms with Crippen LogP contribution in [0.5, 0.6) is 0 Å². The SMILES string of the molecule is CCC(=O)N[C@@H](C(=O)N1CCN(C)CC1)[C@@H](C)c1ccc(NC(=O)[C@@H](NC(=O)OC(C)(C)C)C2CCC(F)(F)CC2)c(F)c1. The van der Waals surface area contributed by atoms with Crippen LogP contribution in [0.1, 0.15) is 78.2 Å². The van der Waals surface area contributed by atoms with Gasteiger partial charge in [0.1, 0.15) is 23.5 Å². The van der Waals surface area contributed by atoms with Crippen molar-refractivity contribution < 1.29 is 37.1 Å². The van der Waals surface area contributed by atoms with Crippen molar-refractivity contribution in [3.8, 4) is 0 Å². The minimum atomic E-state index is -2.84. The number of nitrogens with zero attached hydrogens (tertiary/aromatic N) is 2. The van der Waals surface area contributed by atoms with Gasteiger partial charge in [-0.3, -0.25) is 14.4 Å². The van der Waals surface area contributed by atoms with Gasteiger partial charge in [0.15, 0.2) is 0 Å². The second kappa shape index (κ2) is 14.6. The van der Waals surface area contributed by atoms with E-state index in [1.807, 2.05) is 7.05 Å². The van der Waals surface area contributed by atoms with Crippen LogP contribution in [-0.2, 0) is 19.1 Å². The van der Waals surface area contributed by atoms with E-state index in [9.17, 15) is 28.0 Å². The van der Waals surface area contributed by atoms with Crippen LogP contribution in [0.2, 0.25) is 0 Å². The van der Waals surface area contributed by atoms with Gasteiger partial charge in [-0.15, -0.1) is 0 Å². The Morgan fingerprint density at radius 2 is 1.66 bits per heavy atom. The maximum absolute atomic E-state index is 15.4. The smallest absolute Gasteiger partial charge is 0.408 e. The van der Waals surface area contributed by atoms with Crippen molar-refractivity contribution in [2.45, 2.75) is 96.2 Å². The number of likely N-dealkylation sites (N-methyl/N-ethyl adjacent to an activating group) is 1. The second-order valence-corrected chi connectivity index (χ2v) is 12.9. The number of ether oxygens (including phenoxy) is 1. The number of piperazine rings is 1. The first-order valence-electron chi connectivity index (χ1n) is 15.2. The highest BCUT2D eigenvalue weighted by molar-refractivity contribution is 5.97. The second-order valence-electron chi connectivity index (χ2n) is 12.9. The number of halogens is 3. The van der Waals surface area contributed by atoms with Crippen molar-refractivity contribution in [1.29, 1.82) is 0 Å². The Labute approximate surface area is 257 Å². The van der Waals surface area contributed by atoms with Gasteiger partial charge in [0, 0.05) is 51.4 Å². The molecule has 13 heteroatoms. The number of alkyl carbamates (subject to hydrolysis) is 1. The number of hydrogen-bond acceptors (Lipinski definition) is 6. The van der Waals surface area contributed by atoms with E-state index < -0.39 is 66.1 Å². The molecule has 1 aliphatic carbocycles. The van der Waals surface area contributed by atoms with E-state index in [2.05, 4.69) is 20.9 Å². The number of rotatable bonds is 9. The summed E-state index contributed by atoms with van der Waals surface area (Å²) in [7, 11) is 1.97. The molecule has 3 rings (SSSR count). The molecule has 0 spiro atoms. The summed E-state index contributed by atoms with van der Waals surface area (Å²) in [4.78, 5) is 55.5. The molecule has 2 fully saturated rings. The minimum absolute atomic E-state index is 0.00792. The van der Waals surface area contributed by atoms with Crippen molar-refractivity contribution in [2.75, 3.05) is 38.5 Å². The summed E-state index contributed by atoms with van der Waals surface area (Å²) in [5.74, 6) is -6.15. The predicted octanol–water partition coefficient (Wildman–Crippen LogP) is 4.26. The zero-order valence-electron chi connectivity index (χ0n) is 26.5. The maximum Gasteiger partial charge on any atom is 0.408 e. The lowest BCUT2D eigenvalue weighted by molar-refractivity contribution is -0.138. The molecule has 1 aliphatic heterocycles. The quantitative estimate of drug-likeness (QED) is 0.378. The number of hydrogen-bond donors (Lipinski definition) is 3. The van der Waals surface area contributed by atoms with E-state index in [0.29, 0.717) is 31.7 Å². The Hall–Kier alpha value is -3.35. The number of alkyl halides is 2. The van der Waals surface area contributed by atoms with E-state index in [1.165, 1.54) is 12.1 Å². The van der Waals surface area contributed by atoms with Gasteiger partial charge in [-0.2, -0.15) is 0 Å². The average Bonchev–Trinajstić information content (AvgIpc) is 2.94. The summed E-state index contributed by atoms with van der Waals surface area (Å²) in [6.45, 7) is 10.8. The molecule has 4 amide bonds. The lowest BCUT2D eigenvalue weighted by Gasteiger charge is -2.36. The van der Waals surface area contributed by atoms with Crippen LogP contribution in [0, 0.1) is 11.7 Å². The Bertz CT molecular complexity index is 1190. The van der Waals surface area contributed by atoms with Crippen LogP contribution in [0.4, 0.5) is 23.7 Å². The standard InChI is InChI=1S/C31H46F3N5O5/c1-7-24(40)36-25(28(42)39-16-14-38(6)15-17-39)19(2)21-8-9-23(22(32)18-21)35-27(41)26(37-29(43)44-30(3,4)5)20-10-12-31(33,34)13-11-20/h8-9,18-20,25-26H,7,10-17H2,1-6H3,(H,35,41)(H,36,40)(H,37,43)/t19-,25+,26-/m0/s1. The van der Waals surface area contributed by atoms with Gasteiger partial charge in [-0.05, 0) is 64.3 Å². The van der Waals surface area contributed by atoms with E-state index >= 15 is 4.39 Å². The minimum Gasteiger partial charge on any atom is -0.444 e. The molecule has 0 aromatic heterocycles. The summed E-state index contributed by atoms with van der Waals surface area (Å²) in [6.07, 6.45) is -1.58. The van der Waals surface area contributed by atoms with Crippen LogP contribution < -0.4 is 16.0 Å². The van der Waals surface area contributed by atoms with Gasteiger partial charge in [-0.25, -0.2) is 18.0 Å². The molecule has 2 aliphatic rings. The summed E-state index contributed by atoms with van der Waals surface area (Å²) < 4.78 is 48.4. The molecular weight excluding hydrogens is 579 g/mol. The topological polar surface area (TPSA) is 120 Å². The molecule has 44 heavy (non-hydrogen) atoms. The van der Waals surface area contributed by atoms with Crippen LogP contribution >= 0.6 is 0 Å². The zero-order valence-corrected chi connectivity index (χ0v) is 26.5. The first-order chi connectivity index (χ1) is 20.5. The van der Waals surface area contributed by atoms with Crippen LogP contribution in [0.25, 0.3) is 0 Å². The first-order valence-corrected chi connectivity index (χ1v) is 15.2. The zero-order chi connectivity index (χ0) is 32.8. The summed E-state index contributed by atoms with van der Waals surface area (Å²) in [5.41, 5.74) is -0.603.